The second-order valence-electron chi connectivity index (χ2n) is 11.2. The molecule has 4 nitrogen and oxygen atoms in total. The lowest BCUT2D eigenvalue weighted by atomic mass is 10.1. The van der Waals surface area contributed by atoms with E-state index < -0.39 is 0 Å². The summed E-state index contributed by atoms with van der Waals surface area (Å²) >= 11 is 1.84. The van der Waals surface area contributed by atoms with E-state index in [0.29, 0.717) is 17.0 Å². The average molecular weight is 607 g/mol. The Balaban J connectivity index is 1.25. The minimum Gasteiger partial charge on any atom is -0.309 e. The Hall–Kier alpha value is -6.09. The molecule has 0 amide bonds. The smallest absolute Gasteiger partial charge is 0.0991 e. The van der Waals surface area contributed by atoms with Crippen molar-refractivity contribution in [1.82, 2.24) is 4.57 Å². The van der Waals surface area contributed by atoms with E-state index >= 15 is 0 Å². The number of thiophene rings is 1. The van der Waals surface area contributed by atoms with Crippen molar-refractivity contribution in [2.45, 2.75) is 0 Å². The molecular weight excluding hydrogens is 581 g/mol. The fraction of sp³-hybridized carbons (Fsp3) is 0. The summed E-state index contributed by atoms with van der Waals surface area (Å²) in [5, 5.41) is 23.1. The molecule has 0 unspecified atom stereocenters. The van der Waals surface area contributed by atoms with Crippen LogP contribution >= 0.6 is 11.3 Å². The van der Waals surface area contributed by atoms with Gasteiger partial charge in [-0.25, -0.2) is 0 Å². The SMILES string of the molecule is N#Cc1ccc(C(=C/C(=N)c2ccccc2)/N=C/c2cccc(-n3c4ccccc4c4cc5sc6ccccc6c5cc43)c2)cc1. The average Bonchev–Trinajstić information content (AvgIpc) is 3.64. The molecule has 0 saturated carbocycles. The highest BCUT2D eigenvalue weighted by atomic mass is 32.1. The van der Waals surface area contributed by atoms with Gasteiger partial charge in [0, 0.05) is 48.4 Å². The lowest BCUT2D eigenvalue weighted by molar-refractivity contribution is 1.18. The van der Waals surface area contributed by atoms with Gasteiger partial charge in [0.05, 0.1) is 34.1 Å². The topological polar surface area (TPSA) is 64.9 Å². The van der Waals surface area contributed by atoms with E-state index in [9.17, 15) is 5.26 Å². The van der Waals surface area contributed by atoms with Gasteiger partial charge in [0.1, 0.15) is 0 Å². The molecule has 0 spiro atoms. The van der Waals surface area contributed by atoms with Gasteiger partial charge in [0.25, 0.3) is 0 Å². The number of aliphatic imine (C=N–C) groups is 1. The van der Waals surface area contributed by atoms with Gasteiger partial charge in [0.15, 0.2) is 0 Å². The van der Waals surface area contributed by atoms with Gasteiger partial charge in [0.2, 0.25) is 0 Å². The summed E-state index contributed by atoms with van der Waals surface area (Å²) in [6.07, 6.45) is 3.63. The molecule has 2 aromatic heterocycles. The van der Waals surface area contributed by atoms with Gasteiger partial charge in [-0.1, -0.05) is 91.0 Å². The number of aromatic nitrogens is 1. The summed E-state index contributed by atoms with van der Waals surface area (Å²) in [6, 6.07) is 49.4. The summed E-state index contributed by atoms with van der Waals surface area (Å²) in [7, 11) is 0. The first-order chi connectivity index (χ1) is 22.7. The van der Waals surface area contributed by atoms with Crippen LogP contribution in [0.4, 0.5) is 0 Å². The summed E-state index contributed by atoms with van der Waals surface area (Å²) in [5.41, 5.74) is 7.55. The molecule has 216 valence electrons. The Morgan fingerprint density at radius 2 is 1.41 bits per heavy atom. The van der Waals surface area contributed by atoms with E-state index in [1.165, 1.54) is 36.5 Å². The van der Waals surface area contributed by atoms with Crippen LogP contribution in [0.3, 0.4) is 0 Å². The Kier molecular flexibility index (Phi) is 6.83. The Morgan fingerprint density at radius 1 is 0.652 bits per heavy atom. The third kappa shape index (κ3) is 4.88. The minimum atomic E-state index is 0.364. The maximum atomic E-state index is 9.31. The largest absolute Gasteiger partial charge is 0.309 e. The first-order valence-electron chi connectivity index (χ1n) is 15.0. The molecule has 8 rings (SSSR count). The van der Waals surface area contributed by atoms with E-state index in [0.717, 1.165) is 27.9 Å². The van der Waals surface area contributed by atoms with Crippen molar-refractivity contribution in [1.29, 1.82) is 10.7 Å². The van der Waals surface area contributed by atoms with Crippen LogP contribution in [0.25, 0.3) is 53.4 Å². The number of hydrogen-bond acceptors (Lipinski definition) is 4. The summed E-state index contributed by atoms with van der Waals surface area (Å²) in [5.74, 6) is 0. The fourth-order valence-corrected chi connectivity index (χ4v) is 7.23. The lowest BCUT2D eigenvalue weighted by Crippen LogP contribution is -1.97. The molecule has 0 aliphatic rings. The second-order valence-corrected chi connectivity index (χ2v) is 12.3. The predicted octanol–water partition coefficient (Wildman–Crippen LogP) is 10.6. The molecule has 0 atom stereocenters. The van der Waals surface area contributed by atoms with Crippen molar-refractivity contribution >= 4 is 70.9 Å². The van der Waals surface area contributed by atoms with Crippen LogP contribution in [0.2, 0.25) is 0 Å². The zero-order chi connectivity index (χ0) is 31.0. The molecule has 0 aliphatic heterocycles. The summed E-state index contributed by atoms with van der Waals surface area (Å²) in [6.45, 7) is 0. The van der Waals surface area contributed by atoms with Crippen LogP contribution in [-0.2, 0) is 0 Å². The lowest BCUT2D eigenvalue weighted by Gasteiger charge is -2.09. The first kappa shape index (κ1) is 27.5. The number of para-hydroxylation sites is 1. The van der Waals surface area contributed by atoms with E-state index in [2.05, 4.69) is 89.5 Å². The van der Waals surface area contributed by atoms with Crippen LogP contribution in [0, 0.1) is 16.7 Å². The zero-order valence-corrected chi connectivity index (χ0v) is 25.5. The predicted molar refractivity (Wildman–Crippen MR) is 194 cm³/mol. The molecule has 1 N–H and O–H groups in total. The van der Waals surface area contributed by atoms with Crippen molar-refractivity contribution in [2.75, 3.05) is 0 Å². The molecule has 0 saturated heterocycles. The molecular formula is C41H26N4S. The zero-order valence-electron chi connectivity index (χ0n) is 24.7. The molecule has 0 bridgehead atoms. The number of nitrogens with one attached hydrogen (secondary N) is 1. The van der Waals surface area contributed by atoms with E-state index in [4.69, 9.17) is 10.4 Å². The minimum absolute atomic E-state index is 0.364. The maximum Gasteiger partial charge on any atom is 0.0991 e. The molecule has 0 fully saturated rings. The number of allylic oxidation sites excluding steroid dienone is 1. The number of rotatable bonds is 6. The van der Waals surface area contributed by atoms with Crippen LogP contribution < -0.4 is 0 Å². The first-order valence-corrected chi connectivity index (χ1v) is 15.8. The quantitative estimate of drug-likeness (QED) is 0.188. The summed E-state index contributed by atoms with van der Waals surface area (Å²) in [4.78, 5) is 4.90. The third-order valence-electron chi connectivity index (χ3n) is 8.33. The van der Waals surface area contributed by atoms with Gasteiger partial charge >= 0.3 is 0 Å². The van der Waals surface area contributed by atoms with Crippen LogP contribution in [0.5, 0.6) is 0 Å². The number of nitriles is 1. The van der Waals surface area contributed by atoms with Crippen molar-refractivity contribution in [3.63, 3.8) is 0 Å². The number of benzene rings is 6. The molecule has 0 aliphatic carbocycles. The van der Waals surface area contributed by atoms with Gasteiger partial charge in [-0.05, 0) is 65.7 Å². The Bertz CT molecular complexity index is 2540. The van der Waals surface area contributed by atoms with Gasteiger partial charge < -0.3 is 9.98 Å². The Labute approximate surface area is 269 Å². The molecule has 5 heteroatoms. The normalized spacial score (nSPS) is 12.0. The highest BCUT2D eigenvalue weighted by Crippen LogP contribution is 2.40. The highest BCUT2D eigenvalue weighted by molar-refractivity contribution is 7.25. The fourth-order valence-electron chi connectivity index (χ4n) is 6.10. The van der Waals surface area contributed by atoms with E-state index in [1.54, 1.807) is 18.2 Å². The van der Waals surface area contributed by atoms with Crippen LogP contribution in [-0.4, -0.2) is 16.5 Å². The summed E-state index contributed by atoms with van der Waals surface area (Å²) < 4.78 is 4.93. The van der Waals surface area contributed by atoms with E-state index in [-0.39, 0.29) is 0 Å². The number of nitrogens with zero attached hydrogens (tertiary/aromatic N) is 3. The number of hydrogen-bond donors (Lipinski definition) is 1. The van der Waals surface area contributed by atoms with Gasteiger partial charge in [-0.3, -0.25) is 4.99 Å². The standard InChI is InChI=1S/C41H26N4S/c42-25-27-17-19-30(20-18-27)37(24-36(43)29-10-2-1-3-11-29)44-26-28-9-8-12-31(21-28)45-38-15-6-4-13-32(38)34-23-41-35(22-39(34)45)33-14-5-7-16-40(33)46-41/h1-24,26,43H/b37-24-,43-36?,44-26+. The van der Waals surface area contributed by atoms with Crippen molar-refractivity contribution in [2.24, 2.45) is 4.99 Å². The molecule has 46 heavy (non-hydrogen) atoms. The highest BCUT2D eigenvalue weighted by Gasteiger charge is 2.15. The molecule has 0 radical (unpaired) electrons. The Morgan fingerprint density at radius 3 is 2.24 bits per heavy atom. The van der Waals surface area contributed by atoms with Crippen LogP contribution in [0.15, 0.2) is 151 Å². The maximum absolute atomic E-state index is 9.31. The van der Waals surface area contributed by atoms with Crippen molar-refractivity contribution < 1.29 is 0 Å². The van der Waals surface area contributed by atoms with Crippen molar-refractivity contribution in [3.8, 4) is 11.8 Å². The van der Waals surface area contributed by atoms with E-state index in [1.807, 2.05) is 66.1 Å². The molecule has 6 aromatic carbocycles. The molecule has 8 aromatic rings. The monoisotopic (exact) mass is 606 g/mol. The third-order valence-corrected chi connectivity index (χ3v) is 9.46. The molecule has 2 heterocycles. The second kappa shape index (κ2) is 11.4. The van der Waals surface area contributed by atoms with Crippen molar-refractivity contribution in [3.05, 3.63) is 168 Å². The van der Waals surface area contributed by atoms with Gasteiger partial charge in [-0.2, -0.15) is 5.26 Å². The number of fused-ring (bicyclic) bond motifs is 6. The van der Waals surface area contributed by atoms with Crippen LogP contribution in [0.1, 0.15) is 22.3 Å². The van der Waals surface area contributed by atoms with Gasteiger partial charge in [-0.15, -0.1) is 11.3 Å².